The molecule has 1 aliphatic carbocycles. The van der Waals surface area contributed by atoms with Crippen molar-refractivity contribution in [3.05, 3.63) is 42.0 Å². The number of nitrogens with one attached hydrogen (secondary N) is 2. The number of sulfonamides is 1. The maximum absolute atomic E-state index is 15.5. The van der Waals surface area contributed by atoms with Crippen molar-refractivity contribution in [2.45, 2.75) is 37.6 Å². The zero-order chi connectivity index (χ0) is 26.1. The van der Waals surface area contributed by atoms with Gasteiger partial charge in [0.05, 0.1) is 34.3 Å². The Labute approximate surface area is 215 Å². The smallest absolute Gasteiger partial charge is 0.237 e. The highest BCUT2D eigenvalue weighted by molar-refractivity contribution is 7.92. The summed E-state index contributed by atoms with van der Waals surface area (Å²) in [4.78, 5) is 25.8. The molecular weight excluding hydrogens is 495 g/mol. The lowest BCUT2D eigenvalue weighted by Gasteiger charge is -2.40. The first-order valence-corrected chi connectivity index (χ1v) is 14.2. The lowest BCUT2D eigenvalue weighted by molar-refractivity contribution is -0.125. The van der Waals surface area contributed by atoms with Gasteiger partial charge in [0.2, 0.25) is 15.9 Å². The molecule has 1 saturated carbocycles. The van der Waals surface area contributed by atoms with Gasteiger partial charge in [0.25, 0.3) is 0 Å². The van der Waals surface area contributed by atoms with Crippen LogP contribution in [0, 0.1) is 5.82 Å². The van der Waals surface area contributed by atoms with Gasteiger partial charge in [0.15, 0.2) is 5.82 Å². The molecule has 1 aromatic carbocycles. The number of fused-ring (bicyclic) bond motifs is 4. The van der Waals surface area contributed by atoms with Crippen LogP contribution in [-0.2, 0) is 20.2 Å². The van der Waals surface area contributed by atoms with E-state index in [-0.39, 0.29) is 17.2 Å². The van der Waals surface area contributed by atoms with Gasteiger partial charge in [0.1, 0.15) is 5.82 Å². The summed E-state index contributed by atoms with van der Waals surface area (Å²) in [6, 6.07) is 5.05. The van der Waals surface area contributed by atoms with Crippen molar-refractivity contribution >= 4 is 44.0 Å². The van der Waals surface area contributed by atoms with E-state index in [1.165, 1.54) is 6.07 Å². The number of likely N-dealkylation sites (N-methyl/N-ethyl adjacent to an activating group) is 2. The molecule has 0 radical (unpaired) electrons. The molecule has 1 spiro atoms. The van der Waals surface area contributed by atoms with Crippen LogP contribution < -0.4 is 19.8 Å². The van der Waals surface area contributed by atoms with Crippen LogP contribution in [0.1, 0.15) is 31.7 Å². The average molecular weight is 525 g/mol. The van der Waals surface area contributed by atoms with E-state index in [0.717, 1.165) is 35.9 Å². The van der Waals surface area contributed by atoms with Crippen LogP contribution in [0.3, 0.4) is 0 Å². The monoisotopic (exact) mass is 524 g/mol. The highest BCUT2D eigenvalue weighted by Crippen LogP contribution is 2.55. The van der Waals surface area contributed by atoms with Gasteiger partial charge in [-0.15, -0.1) is 0 Å². The maximum Gasteiger partial charge on any atom is 0.237 e. The van der Waals surface area contributed by atoms with Gasteiger partial charge in [-0.1, -0.05) is 6.42 Å². The number of rotatable bonds is 6. The van der Waals surface area contributed by atoms with Crippen molar-refractivity contribution in [3.8, 4) is 11.1 Å². The van der Waals surface area contributed by atoms with E-state index in [2.05, 4.69) is 20.0 Å². The molecular formula is C26H29FN6O3S. The van der Waals surface area contributed by atoms with E-state index < -0.39 is 21.3 Å². The molecule has 0 unspecified atom stereocenters. The first-order chi connectivity index (χ1) is 17.7. The molecule has 1 saturated heterocycles. The van der Waals surface area contributed by atoms with Crippen LogP contribution in [0.15, 0.2) is 30.6 Å². The molecule has 194 valence electrons. The number of nitrogens with zero attached hydrogens (tertiary/aromatic N) is 4. The van der Waals surface area contributed by atoms with E-state index >= 15 is 4.39 Å². The molecule has 6 rings (SSSR count). The Morgan fingerprint density at radius 1 is 1.16 bits per heavy atom. The third-order valence-electron chi connectivity index (χ3n) is 8.11. The number of anilines is 3. The minimum absolute atomic E-state index is 0.0608. The summed E-state index contributed by atoms with van der Waals surface area (Å²) in [5.41, 5.74) is 2.63. The van der Waals surface area contributed by atoms with Gasteiger partial charge in [-0.05, 0) is 38.9 Å². The quantitative estimate of drug-likeness (QED) is 0.511. The molecule has 9 nitrogen and oxygen atoms in total. The number of benzene rings is 1. The minimum Gasteiger partial charge on any atom is -0.352 e. The molecule has 2 aromatic heterocycles. The van der Waals surface area contributed by atoms with E-state index in [9.17, 15) is 13.2 Å². The van der Waals surface area contributed by atoms with Crippen molar-refractivity contribution in [2.24, 2.45) is 0 Å². The number of aromatic nitrogens is 2. The number of hydrogen-bond acceptors (Lipinski definition) is 7. The standard InChI is InChI=1S/C26H29FN6O3S/c1-4-37(35,36)31-21-8-15(11-30-24(21)33-13-16(14-33)28-2)17-9-18-20(10-19(17)27)29-12-22-23(18)26(6-5-7-26)25(34)32(22)3/h8-12,16,28,31H,4-7,13-14H2,1-3H3. The summed E-state index contributed by atoms with van der Waals surface area (Å²) in [6.07, 6.45) is 5.72. The molecule has 11 heteroatoms. The van der Waals surface area contributed by atoms with E-state index in [1.807, 2.05) is 11.9 Å². The van der Waals surface area contributed by atoms with Crippen molar-refractivity contribution in [1.82, 2.24) is 15.3 Å². The second-order valence-corrected chi connectivity index (χ2v) is 12.2. The average Bonchev–Trinajstić information content (AvgIpc) is 3.06. The lowest BCUT2D eigenvalue weighted by atomic mass is 9.64. The summed E-state index contributed by atoms with van der Waals surface area (Å²) in [7, 11) is 0.0546. The summed E-state index contributed by atoms with van der Waals surface area (Å²) >= 11 is 0. The summed E-state index contributed by atoms with van der Waals surface area (Å²) in [6.45, 7) is 2.94. The Balaban J connectivity index is 1.49. The zero-order valence-corrected chi connectivity index (χ0v) is 21.8. The molecule has 0 atom stereocenters. The highest BCUT2D eigenvalue weighted by atomic mass is 32.2. The lowest BCUT2D eigenvalue weighted by Crippen LogP contribution is -2.57. The number of carbonyl (C=O) groups is 1. The second-order valence-electron chi connectivity index (χ2n) is 10.2. The number of amides is 1. The second kappa shape index (κ2) is 8.35. The predicted octanol–water partition coefficient (Wildman–Crippen LogP) is 3.00. The van der Waals surface area contributed by atoms with Crippen LogP contribution in [0.2, 0.25) is 0 Å². The first kappa shape index (κ1) is 24.1. The zero-order valence-electron chi connectivity index (χ0n) is 21.0. The van der Waals surface area contributed by atoms with Crippen LogP contribution in [0.4, 0.5) is 21.6 Å². The van der Waals surface area contributed by atoms with Gasteiger partial charge < -0.3 is 15.1 Å². The first-order valence-electron chi connectivity index (χ1n) is 12.5. The Bertz CT molecular complexity index is 1550. The molecule has 1 amide bonds. The van der Waals surface area contributed by atoms with Gasteiger partial charge in [0, 0.05) is 60.5 Å². The fourth-order valence-electron chi connectivity index (χ4n) is 5.72. The number of carbonyl (C=O) groups excluding carboxylic acids is 1. The number of halogens is 1. The molecule has 37 heavy (non-hydrogen) atoms. The highest BCUT2D eigenvalue weighted by Gasteiger charge is 2.54. The van der Waals surface area contributed by atoms with Crippen LogP contribution in [-0.4, -0.2) is 63.3 Å². The largest absolute Gasteiger partial charge is 0.352 e. The predicted molar refractivity (Wildman–Crippen MR) is 142 cm³/mol. The van der Waals surface area contributed by atoms with Gasteiger partial charge in [-0.2, -0.15) is 0 Å². The van der Waals surface area contributed by atoms with Gasteiger partial charge in [-0.3, -0.25) is 14.5 Å². The van der Waals surface area contributed by atoms with Crippen molar-refractivity contribution in [2.75, 3.05) is 47.5 Å². The van der Waals surface area contributed by atoms with E-state index in [4.69, 9.17) is 0 Å². The summed E-state index contributed by atoms with van der Waals surface area (Å²) in [5.74, 6) is -0.0117. The molecule has 3 aliphatic rings. The van der Waals surface area contributed by atoms with Crippen molar-refractivity contribution in [3.63, 3.8) is 0 Å². The summed E-state index contributed by atoms with van der Waals surface area (Å²) < 4.78 is 43.0. The van der Waals surface area contributed by atoms with E-state index in [1.54, 1.807) is 43.4 Å². The molecule has 4 heterocycles. The SMILES string of the molecule is CCS(=O)(=O)Nc1cc(-c2cc3c4c(cnc3cc2F)N(C)C(=O)C42CCC2)cnc1N1CC(NC)C1. The summed E-state index contributed by atoms with van der Waals surface area (Å²) in [5, 5.41) is 3.93. The van der Waals surface area contributed by atoms with Crippen molar-refractivity contribution in [1.29, 1.82) is 0 Å². The molecule has 3 aromatic rings. The Morgan fingerprint density at radius 3 is 2.57 bits per heavy atom. The Kier molecular flexibility index (Phi) is 5.43. The number of pyridine rings is 2. The topological polar surface area (TPSA) is 108 Å². The fraction of sp³-hybridized carbons (Fsp3) is 0.423. The molecule has 0 bridgehead atoms. The third kappa shape index (κ3) is 3.58. The molecule has 2 N–H and O–H groups in total. The molecule has 2 aliphatic heterocycles. The Hall–Kier alpha value is -3.31. The van der Waals surface area contributed by atoms with Crippen LogP contribution >= 0.6 is 0 Å². The van der Waals surface area contributed by atoms with Gasteiger partial charge in [-0.25, -0.2) is 17.8 Å². The maximum atomic E-state index is 15.5. The van der Waals surface area contributed by atoms with Crippen molar-refractivity contribution < 1.29 is 17.6 Å². The minimum atomic E-state index is -3.59. The van der Waals surface area contributed by atoms with Gasteiger partial charge >= 0.3 is 0 Å². The number of hydrogen-bond donors (Lipinski definition) is 2. The normalized spacial score (nSPS) is 18.8. The molecule has 2 fully saturated rings. The van der Waals surface area contributed by atoms with Crippen LogP contribution in [0.5, 0.6) is 0 Å². The Morgan fingerprint density at radius 2 is 1.92 bits per heavy atom. The fourth-order valence-corrected chi connectivity index (χ4v) is 6.35. The van der Waals surface area contributed by atoms with E-state index in [0.29, 0.717) is 41.7 Å². The third-order valence-corrected chi connectivity index (χ3v) is 9.40. The van der Waals surface area contributed by atoms with Crippen LogP contribution in [0.25, 0.3) is 22.0 Å².